The van der Waals surface area contributed by atoms with Crippen LogP contribution in [0.15, 0.2) is 30.6 Å². The van der Waals surface area contributed by atoms with Crippen molar-refractivity contribution in [1.82, 2.24) is 19.9 Å². The molecule has 2 amide bonds. The lowest BCUT2D eigenvalue weighted by molar-refractivity contribution is -0.126. The first-order valence-corrected chi connectivity index (χ1v) is 9.18. The van der Waals surface area contributed by atoms with Crippen molar-refractivity contribution in [3.05, 3.63) is 30.6 Å². The maximum atomic E-state index is 12.3. The summed E-state index contributed by atoms with van der Waals surface area (Å²) in [7, 11) is 0. The van der Waals surface area contributed by atoms with Crippen molar-refractivity contribution in [2.45, 2.75) is 34.2 Å². The molecule has 0 unspecified atom stereocenters. The van der Waals surface area contributed by atoms with Gasteiger partial charge in [-0.3, -0.25) is 9.59 Å². The number of fused-ring (bicyclic) bond motifs is 3. The third-order valence-electron chi connectivity index (χ3n) is 4.22. The van der Waals surface area contributed by atoms with Crippen molar-refractivity contribution in [2.75, 3.05) is 11.9 Å². The molecule has 1 aromatic carbocycles. The highest BCUT2D eigenvalue weighted by Gasteiger charge is 2.17. The van der Waals surface area contributed by atoms with Gasteiger partial charge in [0.15, 0.2) is 5.82 Å². The number of nitrogens with one attached hydrogen (secondary N) is 2. The van der Waals surface area contributed by atoms with E-state index in [0.29, 0.717) is 17.3 Å². The van der Waals surface area contributed by atoms with Crippen LogP contribution in [0.3, 0.4) is 0 Å². The Labute approximate surface area is 158 Å². The molecule has 2 heterocycles. The molecule has 0 fully saturated rings. The predicted octanol–water partition coefficient (Wildman–Crippen LogP) is 2.95. The number of benzene rings is 1. The SMILES string of the molecule is CC(C)Cn1cnc2c(NC(=O)CNC(=O)C(C)C)nc3ccccc3c21. The van der Waals surface area contributed by atoms with Crippen LogP contribution in [-0.4, -0.2) is 32.9 Å². The lowest BCUT2D eigenvalue weighted by Gasteiger charge is -2.12. The number of anilines is 1. The van der Waals surface area contributed by atoms with E-state index in [-0.39, 0.29) is 24.3 Å². The van der Waals surface area contributed by atoms with Gasteiger partial charge in [-0.2, -0.15) is 0 Å². The van der Waals surface area contributed by atoms with Gasteiger partial charge in [-0.15, -0.1) is 0 Å². The Bertz CT molecular complexity index is 991. The highest BCUT2D eigenvalue weighted by Crippen LogP contribution is 2.29. The van der Waals surface area contributed by atoms with Gasteiger partial charge < -0.3 is 15.2 Å². The number of aromatic nitrogens is 3. The van der Waals surface area contributed by atoms with E-state index in [0.717, 1.165) is 23.0 Å². The zero-order valence-electron chi connectivity index (χ0n) is 16.1. The summed E-state index contributed by atoms with van der Waals surface area (Å²) < 4.78 is 2.10. The van der Waals surface area contributed by atoms with Crippen LogP contribution in [0.2, 0.25) is 0 Å². The summed E-state index contributed by atoms with van der Waals surface area (Å²) in [6.45, 7) is 8.58. The molecule has 7 heteroatoms. The third kappa shape index (κ3) is 4.07. The molecular formula is C20H25N5O2. The van der Waals surface area contributed by atoms with E-state index in [4.69, 9.17) is 0 Å². The molecule has 142 valence electrons. The van der Waals surface area contributed by atoms with E-state index < -0.39 is 0 Å². The highest BCUT2D eigenvalue weighted by molar-refractivity contribution is 6.09. The van der Waals surface area contributed by atoms with Crippen molar-refractivity contribution in [3.8, 4) is 0 Å². The summed E-state index contributed by atoms with van der Waals surface area (Å²) in [5.74, 6) is 0.207. The Hall–Kier alpha value is -2.96. The lowest BCUT2D eigenvalue weighted by atomic mass is 10.1. The molecule has 0 saturated heterocycles. The Kier molecular flexibility index (Phi) is 5.39. The molecule has 2 aromatic heterocycles. The predicted molar refractivity (Wildman–Crippen MR) is 106 cm³/mol. The fraction of sp³-hybridized carbons (Fsp3) is 0.400. The van der Waals surface area contributed by atoms with Crippen molar-refractivity contribution < 1.29 is 9.59 Å². The van der Waals surface area contributed by atoms with Crippen LogP contribution in [0.25, 0.3) is 21.9 Å². The number of nitrogens with zero attached hydrogens (tertiary/aromatic N) is 3. The molecule has 0 aliphatic heterocycles. The molecule has 3 aromatic rings. The van der Waals surface area contributed by atoms with Crippen molar-refractivity contribution in [2.24, 2.45) is 11.8 Å². The minimum Gasteiger partial charge on any atom is -0.347 e. The van der Waals surface area contributed by atoms with Gasteiger partial charge in [0.1, 0.15) is 5.52 Å². The number of imidazole rings is 1. The van der Waals surface area contributed by atoms with Gasteiger partial charge in [-0.25, -0.2) is 9.97 Å². The molecule has 27 heavy (non-hydrogen) atoms. The van der Waals surface area contributed by atoms with E-state index in [1.807, 2.05) is 24.3 Å². The van der Waals surface area contributed by atoms with Crippen LogP contribution in [0.4, 0.5) is 5.82 Å². The first kappa shape index (κ1) is 18.8. The van der Waals surface area contributed by atoms with Gasteiger partial charge in [-0.05, 0) is 12.0 Å². The topological polar surface area (TPSA) is 88.9 Å². The number of para-hydroxylation sites is 1. The van der Waals surface area contributed by atoms with Crippen LogP contribution in [0, 0.1) is 11.8 Å². The minimum absolute atomic E-state index is 0.0975. The normalized spacial score (nSPS) is 11.5. The Morgan fingerprint density at radius 2 is 1.89 bits per heavy atom. The minimum atomic E-state index is -0.327. The van der Waals surface area contributed by atoms with Gasteiger partial charge in [0.2, 0.25) is 11.8 Å². The Morgan fingerprint density at radius 3 is 2.59 bits per heavy atom. The maximum Gasteiger partial charge on any atom is 0.244 e. The van der Waals surface area contributed by atoms with Gasteiger partial charge in [0.25, 0.3) is 0 Å². The average Bonchev–Trinajstić information content (AvgIpc) is 3.03. The largest absolute Gasteiger partial charge is 0.347 e. The molecule has 0 aliphatic rings. The summed E-state index contributed by atoms with van der Waals surface area (Å²) in [5.41, 5.74) is 2.39. The molecule has 2 N–H and O–H groups in total. The second kappa shape index (κ2) is 7.73. The van der Waals surface area contributed by atoms with Crippen LogP contribution in [0.1, 0.15) is 27.7 Å². The average molecular weight is 367 g/mol. The Balaban J connectivity index is 1.96. The highest BCUT2D eigenvalue weighted by atomic mass is 16.2. The van der Waals surface area contributed by atoms with Gasteiger partial charge in [0, 0.05) is 17.8 Å². The van der Waals surface area contributed by atoms with Crippen LogP contribution < -0.4 is 10.6 Å². The molecular weight excluding hydrogens is 342 g/mol. The molecule has 3 rings (SSSR count). The standard InChI is InChI=1S/C20H25N5O2/c1-12(2)10-25-11-22-17-18(25)14-7-5-6-8-15(14)23-19(17)24-16(26)9-21-20(27)13(3)4/h5-8,11-13H,9-10H2,1-4H3,(H,21,27)(H,23,24,26). The molecule has 0 bridgehead atoms. The molecule has 0 saturated carbocycles. The summed E-state index contributed by atoms with van der Waals surface area (Å²) in [6.07, 6.45) is 1.79. The first-order valence-electron chi connectivity index (χ1n) is 9.18. The van der Waals surface area contributed by atoms with Crippen LogP contribution >= 0.6 is 0 Å². The third-order valence-corrected chi connectivity index (χ3v) is 4.22. The fourth-order valence-corrected chi connectivity index (χ4v) is 2.95. The molecule has 0 radical (unpaired) electrons. The van der Waals surface area contributed by atoms with Crippen molar-refractivity contribution in [3.63, 3.8) is 0 Å². The molecule has 0 atom stereocenters. The molecule has 0 aliphatic carbocycles. The zero-order chi connectivity index (χ0) is 19.6. The van der Waals surface area contributed by atoms with Crippen molar-refractivity contribution >= 4 is 39.6 Å². The zero-order valence-corrected chi connectivity index (χ0v) is 16.1. The summed E-state index contributed by atoms with van der Waals surface area (Å²) >= 11 is 0. The number of hydrogen-bond donors (Lipinski definition) is 2. The fourth-order valence-electron chi connectivity index (χ4n) is 2.95. The maximum absolute atomic E-state index is 12.3. The van der Waals surface area contributed by atoms with Gasteiger partial charge in [-0.1, -0.05) is 45.9 Å². The van der Waals surface area contributed by atoms with E-state index in [1.54, 1.807) is 20.2 Å². The smallest absolute Gasteiger partial charge is 0.244 e. The summed E-state index contributed by atoms with van der Waals surface area (Å²) in [4.78, 5) is 33.0. The quantitative estimate of drug-likeness (QED) is 0.701. The molecule has 0 spiro atoms. The summed E-state index contributed by atoms with van der Waals surface area (Å²) in [5, 5.41) is 6.41. The number of amides is 2. The number of carbonyl (C=O) groups is 2. The van der Waals surface area contributed by atoms with Gasteiger partial charge >= 0.3 is 0 Å². The molecule has 7 nitrogen and oxygen atoms in total. The second-order valence-electron chi connectivity index (χ2n) is 7.39. The van der Waals surface area contributed by atoms with E-state index >= 15 is 0 Å². The van der Waals surface area contributed by atoms with E-state index in [1.165, 1.54) is 0 Å². The van der Waals surface area contributed by atoms with Crippen molar-refractivity contribution in [1.29, 1.82) is 0 Å². The van der Waals surface area contributed by atoms with E-state index in [2.05, 4.69) is 39.0 Å². The lowest BCUT2D eigenvalue weighted by Crippen LogP contribution is -2.35. The van der Waals surface area contributed by atoms with Crippen LogP contribution in [-0.2, 0) is 16.1 Å². The second-order valence-corrected chi connectivity index (χ2v) is 7.39. The van der Waals surface area contributed by atoms with E-state index in [9.17, 15) is 9.59 Å². The number of hydrogen-bond acceptors (Lipinski definition) is 4. The number of pyridine rings is 1. The van der Waals surface area contributed by atoms with Gasteiger partial charge in [0.05, 0.1) is 23.9 Å². The monoisotopic (exact) mass is 367 g/mol. The first-order chi connectivity index (χ1) is 12.9. The summed E-state index contributed by atoms with van der Waals surface area (Å²) in [6, 6.07) is 7.81. The number of carbonyl (C=O) groups excluding carboxylic acids is 2. The number of rotatable bonds is 6. The van der Waals surface area contributed by atoms with Crippen LogP contribution in [0.5, 0.6) is 0 Å². The Morgan fingerprint density at radius 1 is 1.15 bits per heavy atom.